The second-order valence-corrected chi connectivity index (χ2v) is 6.59. The minimum Gasteiger partial charge on any atom is -0.312 e. The highest BCUT2D eigenvalue weighted by Crippen LogP contribution is 2.26. The van der Waals surface area contributed by atoms with E-state index < -0.39 is 0 Å². The summed E-state index contributed by atoms with van der Waals surface area (Å²) in [4.78, 5) is 16.5. The van der Waals surface area contributed by atoms with Gasteiger partial charge in [-0.25, -0.2) is 0 Å². The van der Waals surface area contributed by atoms with Crippen molar-refractivity contribution in [1.29, 1.82) is 0 Å². The summed E-state index contributed by atoms with van der Waals surface area (Å²) in [5.74, 6) is 1.42. The summed E-state index contributed by atoms with van der Waals surface area (Å²) in [6.45, 7) is 4.48. The van der Waals surface area contributed by atoms with Crippen molar-refractivity contribution in [2.24, 2.45) is 5.92 Å². The van der Waals surface area contributed by atoms with Crippen LogP contribution in [0.2, 0.25) is 0 Å². The maximum absolute atomic E-state index is 12.0. The number of anilines is 1. The number of amides is 1. The Hall–Kier alpha value is -1.00. The first-order valence-corrected chi connectivity index (χ1v) is 8.62. The molecule has 1 atom stereocenters. The molecule has 2 fully saturated rings. The van der Waals surface area contributed by atoms with E-state index in [0.29, 0.717) is 12.3 Å². The monoisotopic (exact) mass is 304 g/mol. The minimum absolute atomic E-state index is 0.235. The van der Waals surface area contributed by atoms with Crippen molar-refractivity contribution in [2.45, 2.75) is 25.7 Å². The largest absolute Gasteiger partial charge is 0.312 e. The maximum atomic E-state index is 12.0. The molecule has 3 nitrogen and oxygen atoms in total. The first-order chi connectivity index (χ1) is 10.3. The molecule has 0 aliphatic carbocycles. The van der Waals surface area contributed by atoms with E-state index in [4.69, 9.17) is 0 Å². The van der Waals surface area contributed by atoms with Gasteiger partial charge in [0.05, 0.1) is 0 Å². The van der Waals surface area contributed by atoms with Crippen molar-refractivity contribution in [3.8, 4) is 0 Å². The molecule has 0 spiro atoms. The first-order valence-electron chi connectivity index (χ1n) is 7.99. The molecule has 2 aliphatic heterocycles. The summed E-state index contributed by atoms with van der Waals surface area (Å²) in [6.07, 6.45) is 4.44. The van der Waals surface area contributed by atoms with Gasteiger partial charge in [-0.15, -0.1) is 0 Å². The van der Waals surface area contributed by atoms with Crippen LogP contribution in [-0.2, 0) is 11.2 Å². The molecule has 114 valence electrons. The lowest BCUT2D eigenvalue weighted by Crippen LogP contribution is -2.24. The van der Waals surface area contributed by atoms with E-state index in [-0.39, 0.29) is 5.91 Å². The molecule has 1 unspecified atom stereocenters. The van der Waals surface area contributed by atoms with Gasteiger partial charge in [0.15, 0.2) is 0 Å². The number of carbonyl (C=O) groups excluding carboxylic acids is 1. The number of rotatable bonds is 5. The number of nitrogens with zero attached hydrogens (tertiary/aromatic N) is 2. The van der Waals surface area contributed by atoms with Crippen LogP contribution in [0.3, 0.4) is 0 Å². The van der Waals surface area contributed by atoms with Gasteiger partial charge in [0.1, 0.15) is 0 Å². The summed E-state index contributed by atoms with van der Waals surface area (Å²) in [7, 11) is 0. The van der Waals surface area contributed by atoms with Crippen LogP contribution in [0, 0.1) is 5.92 Å². The zero-order chi connectivity index (χ0) is 14.7. The Morgan fingerprint density at radius 1 is 1.14 bits per heavy atom. The molecule has 0 N–H and O–H groups in total. The molecule has 3 rings (SSSR count). The summed E-state index contributed by atoms with van der Waals surface area (Å²) in [6, 6.07) is 8.54. The third-order valence-electron chi connectivity index (χ3n) is 4.63. The first kappa shape index (κ1) is 14.9. The lowest BCUT2D eigenvalue weighted by molar-refractivity contribution is -0.117. The quantitative estimate of drug-likeness (QED) is 0.845. The van der Waals surface area contributed by atoms with Crippen molar-refractivity contribution >= 4 is 24.2 Å². The standard InChI is InChI=1S/C17H24N2OS/c20-17-11-15(13-21)12-19(17)16-5-3-14(4-6-16)7-10-18-8-1-2-9-18/h3-6,15,21H,1-2,7-13H2. The summed E-state index contributed by atoms with van der Waals surface area (Å²) in [5.41, 5.74) is 2.40. The molecule has 1 aromatic carbocycles. The smallest absolute Gasteiger partial charge is 0.227 e. The predicted molar refractivity (Wildman–Crippen MR) is 90.1 cm³/mol. The van der Waals surface area contributed by atoms with Gasteiger partial charge in [-0.1, -0.05) is 12.1 Å². The third-order valence-corrected chi connectivity index (χ3v) is 5.14. The average Bonchev–Trinajstić information content (AvgIpc) is 3.15. The Balaban J connectivity index is 1.57. The number of hydrogen-bond donors (Lipinski definition) is 1. The Morgan fingerprint density at radius 3 is 2.48 bits per heavy atom. The fraction of sp³-hybridized carbons (Fsp3) is 0.588. The highest BCUT2D eigenvalue weighted by molar-refractivity contribution is 7.80. The Labute approximate surface area is 132 Å². The maximum Gasteiger partial charge on any atom is 0.227 e. The van der Waals surface area contributed by atoms with Gasteiger partial charge in [-0.05, 0) is 61.7 Å². The molecule has 0 radical (unpaired) electrons. The van der Waals surface area contributed by atoms with Crippen LogP contribution in [0.25, 0.3) is 0 Å². The van der Waals surface area contributed by atoms with Crippen molar-refractivity contribution in [3.63, 3.8) is 0 Å². The van der Waals surface area contributed by atoms with Crippen LogP contribution in [0.4, 0.5) is 5.69 Å². The van der Waals surface area contributed by atoms with E-state index in [1.54, 1.807) is 0 Å². The molecule has 2 heterocycles. The van der Waals surface area contributed by atoms with Crippen molar-refractivity contribution in [2.75, 3.05) is 36.8 Å². The van der Waals surface area contributed by atoms with Gasteiger partial charge in [0, 0.05) is 25.2 Å². The number of likely N-dealkylation sites (tertiary alicyclic amines) is 1. The Bertz CT molecular complexity index is 482. The van der Waals surface area contributed by atoms with Crippen molar-refractivity contribution < 1.29 is 4.79 Å². The number of thiol groups is 1. The summed E-state index contributed by atoms with van der Waals surface area (Å²) >= 11 is 4.31. The number of hydrogen-bond acceptors (Lipinski definition) is 3. The van der Waals surface area contributed by atoms with Crippen LogP contribution in [-0.4, -0.2) is 42.7 Å². The SMILES string of the molecule is O=C1CC(CS)CN1c1ccc(CCN2CCCC2)cc1. The Kier molecular flexibility index (Phi) is 4.86. The van der Waals surface area contributed by atoms with E-state index in [2.05, 4.69) is 41.8 Å². The van der Waals surface area contributed by atoms with Crippen LogP contribution >= 0.6 is 12.6 Å². The van der Waals surface area contributed by atoms with Gasteiger partial charge in [-0.2, -0.15) is 12.6 Å². The fourth-order valence-electron chi connectivity index (χ4n) is 3.29. The highest BCUT2D eigenvalue weighted by atomic mass is 32.1. The third kappa shape index (κ3) is 3.61. The lowest BCUT2D eigenvalue weighted by atomic mass is 10.1. The Morgan fingerprint density at radius 2 is 1.86 bits per heavy atom. The van der Waals surface area contributed by atoms with Crippen LogP contribution in [0.5, 0.6) is 0 Å². The summed E-state index contributed by atoms with van der Waals surface area (Å²) in [5, 5.41) is 0. The molecule has 0 aromatic heterocycles. The zero-order valence-electron chi connectivity index (χ0n) is 12.5. The number of benzene rings is 1. The predicted octanol–water partition coefficient (Wildman–Crippen LogP) is 2.61. The van der Waals surface area contributed by atoms with Gasteiger partial charge < -0.3 is 9.80 Å². The van der Waals surface area contributed by atoms with E-state index in [1.807, 2.05) is 4.90 Å². The van der Waals surface area contributed by atoms with Gasteiger partial charge in [-0.3, -0.25) is 4.79 Å². The topological polar surface area (TPSA) is 23.6 Å². The molecule has 21 heavy (non-hydrogen) atoms. The fourth-order valence-corrected chi connectivity index (χ4v) is 3.53. The summed E-state index contributed by atoms with van der Waals surface area (Å²) < 4.78 is 0. The zero-order valence-corrected chi connectivity index (χ0v) is 13.4. The molecule has 4 heteroatoms. The second kappa shape index (κ2) is 6.84. The van der Waals surface area contributed by atoms with E-state index in [1.165, 1.54) is 31.5 Å². The molecule has 0 saturated carbocycles. The molecule has 1 amide bonds. The molecular formula is C17H24N2OS. The van der Waals surface area contributed by atoms with Crippen LogP contribution < -0.4 is 4.90 Å². The van der Waals surface area contributed by atoms with Crippen LogP contribution in [0.1, 0.15) is 24.8 Å². The lowest BCUT2D eigenvalue weighted by Gasteiger charge is -2.18. The minimum atomic E-state index is 0.235. The van der Waals surface area contributed by atoms with E-state index in [9.17, 15) is 4.79 Å². The normalized spacial score (nSPS) is 23.2. The van der Waals surface area contributed by atoms with Crippen molar-refractivity contribution in [1.82, 2.24) is 4.90 Å². The average molecular weight is 304 g/mol. The second-order valence-electron chi connectivity index (χ2n) is 6.22. The van der Waals surface area contributed by atoms with Gasteiger partial charge >= 0.3 is 0 Å². The van der Waals surface area contributed by atoms with Gasteiger partial charge in [0.25, 0.3) is 0 Å². The van der Waals surface area contributed by atoms with E-state index in [0.717, 1.165) is 31.0 Å². The molecule has 0 bridgehead atoms. The molecule has 2 saturated heterocycles. The molecule has 2 aliphatic rings. The number of carbonyl (C=O) groups is 1. The molecular weight excluding hydrogens is 280 g/mol. The van der Waals surface area contributed by atoms with E-state index >= 15 is 0 Å². The van der Waals surface area contributed by atoms with Crippen molar-refractivity contribution in [3.05, 3.63) is 29.8 Å². The van der Waals surface area contributed by atoms with Gasteiger partial charge in [0.2, 0.25) is 5.91 Å². The van der Waals surface area contributed by atoms with Crippen LogP contribution in [0.15, 0.2) is 24.3 Å². The highest BCUT2D eigenvalue weighted by Gasteiger charge is 2.29. The molecule has 1 aromatic rings.